The molecule has 0 unspecified atom stereocenters. The van der Waals surface area contributed by atoms with Gasteiger partial charge < -0.3 is 20.4 Å². The number of β-amino-alcohol motifs (C(OH)–C–C–N with tert-alkyl or cyclic N) is 1. The molecule has 2 aliphatic heterocycles. The molecule has 1 aromatic carbocycles. The van der Waals surface area contributed by atoms with Crippen molar-refractivity contribution in [1.82, 2.24) is 19.8 Å². The Hall–Kier alpha value is -3.04. The number of nitrogens with zero attached hydrogens (tertiary/aromatic N) is 4. The summed E-state index contributed by atoms with van der Waals surface area (Å²) in [6.45, 7) is 5.06. The molecule has 9 nitrogen and oxygen atoms in total. The number of carbonyl (C=O) groups is 2. The second-order valence-electron chi connectivity index (χ2n) is 9.27. The van der Waals surface area contributed by atoms with Gasteiger partial charge in [-0.15, -0.1) is 0 Å². The fourth-order valence-corrected chi connectivity index (χ4v) is 4.71. The SMILES string of the molecule is CC(=O)N1CCC(Nc2cc(C(=O)CC[C@H](O)CN3CCc4cc(O)ccc4C3)ncn2)CC1. The van der Waals surface area contributed by atoms with Crippen LogP contribution in [0.15, 0.2) is 30.6 Å². The zero-order valence-corrected chi connectivity index (χ0v) is 19.6. The molecule has 1 fully saturated rings. The van der Waals surface area contributed by atoms with Crippen molar-refractivity contribution in [2.75, 3.05) is 31.5 Å². The lowest BCUT2D eigenvalue weighted by molar-refractivity contribution is -0.129. The number of aromatic hydroxyl groups is 1. The van der Waals surface area contributed by atoms with Gasteiger partial charge in [-0.05, 0) is 48.9 Å². The van der Waals surface area contributed by atoms with Crippen molar-refractivity contribution in [1.29, 1.82) is 0 Å². The van der Waals surface area contributed by atoms with Gasteiger partial charge in [0.1, 0.15) is 23.6 Å². The molecule has 0 spiro atoms. The van der Waals surface area contributed by atoms with Crippen LogP contribution < -0.4 is 5.32 Å². The summed E-state index contributed by atoms with van der Waals surface area (Å²) >= 11 is 0. The average molecular weight is 468 g/mol. The molecule has 34 heavy (non-hydrogen) atoms. The van der Waals surface area contributed by atoms with Gasteiger partial charge in [-0.3, -0.25) is 14.5 Å². The highest BCUT2D eigenvalue weighted by Gasteiger charge is 2.22. The largest absolute Gasteiger partial charge is 0.508 e. The Morgan fingerprint density at radius 3 is 2.71 bits per heavy atom. The molecule has 1 atom stereocenters. The minimum Gasteiger partial charge on any atom is -0.508 e. The Morgan fingerprint density at radius 1 is 1.15 bits per heavy atom. The third kappa shape index (κ3) is 6.30. The number of nitrogens with one attached hydrogen (secondary N) is 1. The quantitative estimate of drug-likeness (QED) is 0.505. The number of phenols is 1. The molecular weight excluding hydrogens is 434 g/mol. The van der Waals surface area contributed by atoms with Crippen molar-refractivity contribution in [2.45, 2.75) is 57.7 Å². The maximum absolute atomic E-state index is 12.7. The van der Waals surface area contributed by atoms with E-state index in [4.69, 9.17) is 0 Å². The molecule has 0 bridgehead atoms. The third-order valence-corrected chi connectivity index (χ3v) is 6.70. The van der Waals surface area contributed by atoms with Gasteiger partial charge in [0.2, 0.25) is 5.91 Å². The molecule has 2 aliphatic rings. The molecule has 3 N–H and O–H groups in total. The van der Waals surface area contributed by atoms with Crippen molar-refractivity contribution in [3.8, 4) is 5.75 Å². The Kier molecular flexibility index (Phi) is 7.74. The predicted molar refractivity (Wildman–Crippen MR) is 128 cm³/mol. The van der Waals surface area contributed by atoms with E-state index in [1.165, 1.54) is 11.9 Å². The zero-order valence-electron chi connectivity index (χ0n) is 19.6. The Labute approximate surface area is 199 Å². The van der Waals surface area contributed by atoms with Gasteiger partial charge >= 0.3 is 0 Å². The van der Waals surface area contributed by atoms with Gasteiger partial charge in [-0.1, -0.05) is 6.07 Å². The number of aliphatic hydroxyl groups is 1. The standard InChI is InChI=1S/C25H33N5O4/c1-17(31)30-10-7-20(8-11-30)28-25-13-23(26-16-27-25)24(34)5-4-22(33)15-29-9-6-18-12-21(32)3-2-19(18)14-29/h2-3,12-13,16,20,22,32-33H,4-11,14-15H2,1H3,(H,26,27,28)/t22-/m0/s1. The van der Waals surface area contributed by atoms with Crippen LogP contribution >= 0.6 is 0 Å². The molecule has 1 saturated heterocycles. The topological polar surface area (TPSA) is 119 Å². The third-order valence-electron chi connectivity index (χ3n) is 6.70. The minimum atomic E-state index is -0.603. The molecule has 0 radical (unpaired) electrons. The number of carbonyl (C=O) groups excluding carboxylic acids is 2. The summed E-state index contributed by atoms with van der Waals surface area (Å²) in [5.41, 5.74) is 2.66. The number of amides is 1. The fourth-order valence-electron chi connectivity index (χ4n) is 4.71. The van der Waals surface area contributed by atoms with Crippen molar-refractivity contribution in [3.63, 3.8) is 0 Å². The van der Waals surface area contributed by atoms with Crippen molar-refractivity contribution in [2.24, 2.45) is 0 Å². The summed E-state index contributed by atoms with van der Waals surface area (Å²) < 4.78 is 0. The van der Waals surface area contributed by atoms with E-state index in [-0.39, 0.29) is 29.9 Å². The van der Waals surface area contributed by atoms with Crippen LogP contribution in [0.4, 0.5) is 5.82 Å². The molecule has 4 rings (SSSR count). The molecule has 1 aromatic heterocycles. The van der Waals surface area contributed by atoms with E-state index in [1.807, 2.05) is 17.0 Å². The first-order valence-corrected chi connectivity index (χ1v) is 12.0. The Morgan fingerprint density at radius 2 is 1.94 bits per heavy atom. The molecule has 0 saturated carbocycles. The summed E-state index contributed by atoms with van der Waals surface area (Å²) in [6.07, 6.45) is 3.87. The highest BCUT2D eigenvalue weighted by atomic mass is 16.3. The first-order valence-electron chi connectivity index (χ1n) is 12.0. The number of anilines is 1. The zero-order chi connectivity index (χ0) is 24.1. The second-order valence-corrected chi connectivity index (χ2v) is 9.27. The van der Waals surface area contributed by atoms with Gasteiger partial charge in [0, 0.05) is 58.2 Å². The number of aliphatic hydroxyl groups excluding tert-OH is 1. The van der Waals surface area contributed by atoms with Crippen LogP contribution in [0.25, 0.3) is 0 Å². The van der Waals surface area contributed by atoms with Gasteiger partial charge in [-0.25, -0.2) is 9.97 Å². The van der Waals surface area contributed by atoms with E-state index in [1.54, 1.807) is 19.1 Å². The lowest BCUT2D eigenvalue weighted by Crippen LogP contribution is -2.41. The number of fused-ring (bicyclic) bond motifs is 1. The fraction of sp³-hybridized carbons (Fsp3) is 0.520. The summed E-state index contributed by atoms with van der Waals surface area (Å²) in [6, 6.07) is 7.30. The Bertz CT molecular complexity index is 1020. The summed E-state index contributed by atoms with van der Waals surface area (Å²) in [7, 11) is 0. The number of Topliss-reactive ketones (excluding diaryl/α,β-unsaturated/α-hetero) is 1. The van der Waals surface area contributed by atoms with Crippen LogP contribution in [0.2, 0.25) is 0 Å². The minimum absolute atomic E-state index is 0.0981. The smallest absolute Gasteiger partial charge is 0.219 e. The first-order chi connectivity index (χ1) is 16.4. The molecule has 3 heterocycles. The number of benzene rings is 1. The van der Waals surface area contributed by atoms with Crippen LogP contribution in [0, 0.1) is 0 Å². The van der Waals surface area contributed by atoms with Crippen LogP contribution in [-0.2, 0) is 17.8 Å². The summed E-state index contributed by atoms with van der Waals surface area (Å²) in [5, 5.41) is 23.5. The summed E-state index contributed by atoms with van der Waals surface area (Å²) in [5.74, 6) is 0.877. The number of piperidine rings is 1. The molecule has 182 valence electrons. The summed E-state index contributed by atoms with van der Waals surface area (Å²) in [4.78, 5) is 36.6. The van der Waals surface area contributed by atoms with E-state index >= 15 is 0 Å². The van der Waals surface area contributed by atoms with Crippen LogP contribution in [0.5, 0.6) is 5.75 Å². The highest BCUT2D eigenvalue weighted by molar-refractivity contribution is 5.94. The van der Waals surface area contributed by atoms with Gasteiger partial charge in [0.05, 0.1) is 6.10 Å². The monoisotopic (exact) mass is 467 g/mol. The lowest BCUT2D eigenvalue weighted by Gasteiger charge is -2.31. The van der Waals surface area contributed by atoms with E-state index in [9.17, 15) is 19.8 Å². The second kappa shape index (κ2) is 10.9. The number of hydrogen-bond acceptors (Lipinski definition) is 8. The number of ketones is 1. The first kappa shape index (κ1) is 24.1. The number of hydrogen-bond donors (Lipinski definition) is 3. The van der Waals surface area contributed by atoms with Gasteiger partial charge in [0.15, 0.2) is 5.78 Å². The Balaban J connectivity index is 1.23. The van der Waals surface area contributed by atoms with Crippen LogP contribution in [0.3, 0.4) is 0 Å². The number of likely N-dealkylation sites (tertiary alicyclic amines) is 1. The number of aromatic nitrogens is 2. The molecule has 9 heteroatoms. The molecular formula is C25H33N5O4. The van der Waals surface area contributed by atoms with E-state index < -0.39 is 6.10 Å². The van der Waals surface area contributed by atoms with Crippen molar-refractivity contribution >= 4 is 17.5 Å². The number of phenolic OH excluding ortho intramolecular Hbond substituents is 1. The maximum Gasteiger partial charge on any atom is 0.219 e. The van der Waals surface area contributed by atoms with Gasteiger partial charge in [0.25, 0.3) is 0 Å². The normalized spacial score (nSPS) is 17.8. The average Bonchev–Trinajstić information content (AvgIpc) is 2.83. The molecule has 0 aliphatic carbocycles. The maximum atomic E-state index is 12.7. The van der Waals surface area contributed by atoms with E-state index in [0.29, 0.717) is 37.6 Å². The van der Waals surface area contributed by atoms with E-state index in [2.05, 4.69) is 20.2 Å². The molecule has 1 amide bonds. The van der Waals surface area contributed by atoms with Crippen molar-refractivity contribution in [3.05, 3.63) is 47.4 Å². The van der Waals surface area contributed by atoms with Crippen molar-refractivity contribution < 1.29 is 19.8 Å². The predicted octanol–water partition coefficient (Wildman–Crippen LogP) is 1.99. The van der Waals surface area contributed by atoms with Gasteiger partial charge in [-0.2, -0.15) is 0 Å². The number of rotatable bonds is 8. The van der Waals surface area contributed by atoms with E-state index in [0.717, 1.165) is 37.9 Å². The molecule has 2 aromatic rings. The highest BCUT2D eigenvalue weighted by Crippen LogP contribution is 2.23. The van der Waals surface area contributed by atoms with Crippen LogP contribution in [0.1, 0.15) is 54.2 Å². The lowest BCUT2D eigenvalue weighted by atomic mass is 9.99. The van der Waals surface area contributed by atoms with Crippen LogP contribution in [-0.4, -0.2) is 80.0 Å².